The summed E-state index contributed by atoms with van der Waals surface area (Å²) in [6.45, 7) is 13.9. The van der Waals surface area contributed by atoms with Gasteiger partial charge in [-0.05, 0) is 29.2 Å². The predicted molar refractivity (Wildman–Crippen MR) is 110 cm³/mol. The fraction of sp³-hybridized carbons (Fsp3) is 0.500. The van der Waals surface area contributed by atoms with Crippen LogP contribution in [0.4, 0.5) is 0 Å². The molecular formula is C24H33LiO2. The van der Waals surface area contributed by atoms with Gasteiger partial charge in [-0.2, -0.15) is 0 Å². The van der Waals surface area contributed by atoms with Crippen molar-refractivity contribution in [1.29, 1.82) is 0 Å². The number of rotatable bonds is 8. The fourth-order valence-corrected chi connectivity index (χ4v) is 2.95. The van der Waals surface area contributed by atoms with Crippen LogP contribution in [0.3, 0.4) is 0 Å². The summed E-state index contributed by atoms with van der Waals surface area (Å²) in [7, 11) is 1.66. The normalized spacial score (nSPS) is 11.8. The number of ether oxygens (including phenoxy) is 2. The summed E-state index contributed by atoms with van der Waals surface area (Å²) in [6.07, 6.45) is 2.11. The van der Waals surface area contributed by atoms with Crippen molar-refractivity contribution >= 4 is 0 Å². The molecule has 0 unspecified atom stereocenters. The molecule has 0 aliphatic heterocycles. The molecule has 27 heavy (non-hydrogen) atoms. The Kier molecular flexibility index (Phi) is 8.68. The molecule has 0 N–H and O–H groups in total. The van der Waals surface area contributed by atoms with Crippen molar-refractivity contribution in [3.05, 3.63) is 53.6 Å². The first kappa shape index (κ1) is 23.8. The zero-order valence-corrected chi connectivity index (χ0v) is 18.4. The van der Waals surface area contributed by atoms with Crippen LogP contribution in [0.2, 0.25) is 0 Å². The third-order valence-electron chi connectivity index (χ3n) is 5.69. The van der Waals surface area contributed by atoms with Crippen LogP contribution in [0.1, 0.15) is 65.5 Å². The maximum atomic E-state index is 6.12. The van der Waals surface area contributed by atoms with Gasteiger partial charge in [-0.1, -0.05) is 64.8 Å². The molecule has 0 aromatic heterocycles. The Morgan fingerprint density at radius 2 is 1.63 bits per heavy atom. The van der Waals surface area contributed by atoms with E-state index in [4.69, 9.17) is 9.47 Å². The first-order valence-electron chi connectivity index (χ1n) is 9.54. The van der Waals surface area contributed by atoms with E-state index in [0.717, 1.165) is 29.7 Å². The molecule has 0 aliphatic rings. The zero-order valence-electron chi connectivity index (χ0n) is 18.4. The van der Waals surface area contributed by atoms with Crippen LogP contribution >= 0.6 is 0 Å². The molecule has 0 atom stereocenters. The van der Waals surface area contributed by atoms with Crippen molar-refractivity contribution < 1.29 is 28.3 Å². The average Bonchev–Trinajstić information content (AvgIpc) is 2.66. The van der Waals surface area contributed by atoms with Crippen LogP contribution < -0.4 is 23.6 Å². The van der Waals surface area contributed by atoms with Crippen LogP contribution in [-0.2, 0) is 15.6 Å². The molecule has 2 nitrogen and oxygen atoms in total. The number of hydrogen-bond acceptors (Lipinski definition) is 2. The first-order valence-corrected chi connectivity index (χ1v) is 9.54. The Hall–Kier alpha value is -1.20. The maximum Gasteiger partial charge on any atom is 1.00 e. The summed E-state index contributed by atoms with van der Waals surface area (Å²) >= 11 is 0. The molecular weight excluding hydrogens is 327 g/mol. The number of benzene rings is 2. The molecule has 0 heterocycles. The summed E-state index contributed by atoms with van der Waals surface area (Å²) in [5.41, 5.74) is 4.84. The maximum absolute atomic E-state index is 6.12. The Balaban J connectivity index is 0.00000364. The Labute approximate surface area is 177 Å². The third kappa shape index (κ3) is 5.41. The second kappa shape index (κ2) is 9.83. The number of hydrogen-bond donors (Lipinski definition) is 0. The predicted octanol–water partition coefficient (Wildman–Crippen LogP) is 3.52. The van der Waals surface area contributed by atoms with Gasteiger partial charge in [-0.15, -0.1) is 35.9 Å². The van der Waals surface area contributed by atoms with E-state index in [9.17, 15) is 0 Å². The standard InChI is InChI=1S/C24H33O2.Li/c1-8-23(3,4)19-15-20(18-13-11-10-12-14-18)22(26-17-25-7)21(16-19)24(5,6)9-2;/h10-13,15-16H,8-9,17H2,1-7H3;/q-1;+1. The van der Waals surface area contributed by atoms with Gasteiger partial charge in [0, 0.05) is 7.11 Å². The molecule has 142 valence electrons. The minimum atomic E-state index is 0. The third-order valence-corrected chi connectivity index (χ3v) is 5.69. The molecule has 0 aliphatic carbocycles. The number of methoxy groups -OCH3 is 1. The van der Waals surface area contributed by atoms with E-state index in [1.165, 1.54) is 11.1 Å². The smallest absolute Gasteiger partial charge is 0.476 e. The molecule has 0 radical (unpaired) electrons. The SMILES string of the molecule is CCC(C)(C)c1cc(-c2[c-]cccc2)c(OCOC)c(C(C)(C)CC)c1.[Li+]. The van der Waals surface area contributed by atoms with Crippen LogP contribution in [0.5, 0.6) is 5.75 Å². The van der Waals surface area contributed by atoms with Gasteiger partial charge >= 0.3 is 18.9 Å². The topological polar surface area (TPSA) is 18.5 Å². The van der Waals surface area contributed by atoms with Crippen molar-refractivity contribution in [2.75, 3.05) is 13.9 Å². The Morgan fingerprint density at radius 3 is 2.15 bits per heavy atom. The molecule has 2 aromatic carbocycles. The second-order valence-electron chi connectivity index (χ2n) is 8.20. The molecule has 0 amide bonds. The van der Waals surface area contributed by atoms with Crippen molar-refractivity contribution in [2.24, 2.45) is 0 Å². The molecule has 0 fully saturated rings. The monoisotopic (exact) mass is 360 g/mol. The van der Waals surface area contributed by atoms with Crippen LogP contribution in [0.25, 0.3) is 11.1 Å². The van der Waals surface area contributed by atoms with Gasteiger partial charge in [-0.25, -0.2) is 0 Å². The summed E-state index contributed by atoms with van der Waals surface area (Å²) in [6, 6.07) is 16.1. The van der Waals surface area contributed by atoms with Crippen LogP contribution in [0.15, 0.2) is 36.4 Å². The van der Waals surface area contributed by atoms with Gasteiger partial charge in [0.25, 0.3) is 0 Å². The second-order valence-corrected chi connectivity index (χ2v) is 8.20. The van der Waals surface area contributed by atoms with Crippen LogP contribution in [-0.4, -0.2) is 13.9 Å². The Morgan fingerprint density at radius 1 is 0.963 bits per heavy atom. The van der Waals surface area contributed by atoms with E-state index in [2.05, 4.69) is 65.8 Å². The van der Waals surface area contributed by atoms with Crippen molar-refractivity contribution in [1.82, 2.24) is 0 Å². The van der Waals surface area contributed by atoms with Crippen molar-refractivity contribution in [3.63, 3.8) is 0 Å². The molecule has 2 aromatic rings. The van der Waals surface area contributed by atoms with Gasteiger partial charge in [0.05, 0.1) is 5.75 Å². The van der Waals surface area contributed by atoms with E-state index >= 15 is 0 Å². The van der Waals surface area contributed by atoms with Gasteiger partial charge in [0.15, 0.2) is 6.79 Å². The van der Waals surface area contributed by atoms with Crippen molar-refractivity contribution in [2.45, 2.75) is 65.2 Å². The zero-order chi connectivity index (χ0) is 19.4. The van der Waals surface area contributed by atoms with Gasteiger partial charge in [0.1, 0.15) is 0 Å². The van der Waals surface area contributed by atoms with E-state index in [0.29, 0.717) is 0 Å². The van der Waals surface area contributed by atoms with E-state index in [1.807, 2.05) is 18.2 Å². The molecule has 2 rings (SSSR count). The minimum absolute atomic E-state index is 0. The Bertz CT molecular complexity index is 721. The molecule has 0 bridgehead atoms. The molecule has 3 heteroatoms. The summed E-state index contributed by atoms with van der Waals surface area (Å²) in [4.78, 5) is 0. The van der Waals surface area contributed by atoms with E-state index in [1.54, 1.807) is 7.11 Å². The van der Waals surface area contributed by atoms with Gasteiger partial charge < -0.3 is 9.47 Å². The fourth-order valence-electron chi connectivity index (χ4n) is 2.95. The molecule has 0 saturated carbocycles. The van der Waals surface area contributed by atoms with E-state index in [-0.39, 0.29) is 36.5 Å². The first-order chi connectivity index (χ1) is 12.3. The summed E-state index contributed by atoms with van der Waals surface area (Å²) in [5, 5.41) is 0. The van der Waals surface area contributed by atoms with E-state index < -0.39 is 0 Å². The average molecular weight is 360 g/mol. The quantitative estimate of drug-likeness (QED) is 0.407. The molecule has 0 spiro atoms. The van der Waals surface area contributed by atoms with Gasteiger partial charge in [-0.3, -0.25) is 0 Å². The summed E-state index contributed by atoms with van der Waals surface area (Å²) in [5.74, 6) is 0.914. The van der Waals surface area contributed by atoms with Crippen molar-refractivity contribution in [3.8, 4) is 16.9 Å². The summed E-state index contributed by atoms with van der Waals surface area (Å²) < 4.78 is 11.3. The minimum Gasteiger partial charge on any atom is -0.476 e. The largest absolute Gasteiger partial charge is 1.00 e. The van der Waals surface area contributed by atoms with Crippen LogP contribution in [0, 0.1) is 6.07 Å². The molecule has 0 saturated heterocycles. The van der Waals surface area contributed by atoms with Gasteiger partial charge in [0.2, 0.25) is 0 Å².